The molecule has 1 aliphatic rings. The Hall–Kier alpha value is -1.47. The standard InChI is InChI=1S/C11H14N2O4S/c14-5-4-13(7-2-1-3-7)10(15)9-12-8(6-18-9)11(16)17/h6-7,14H,1-5H2,(H,16,17). The zero-order valence-corrected chi connectivity index (χ0v) is 10.5. The van der Waals surface area contributed by atoms with Crippen LogP contribution in [0.2, 0.25) is 0 Å². The lowest BCUT2D eigenvalue weighted by Gasteiger charge is -2.36. The highest BCUT2D eigenvalue weighted by atomic mass is 32.1. The molecule has 0 bridgehead atoms. The topological polar surface area (TPSA) is 90.7 Å². The van der Waals surface area contributed by atoms with Gasteiger partial charge in [0.1, 0.15) is 0 Å². The van der Waals surface area contributed by atoms with Crippen molar-refractivity contribution in [3.8, 4) is 0 Å². The third-order valence-electron chi connectivity index (χ3n) is 3.02. The van der Waals surface area contributed by atoms with E-state index in [2.05, 4.69) is 4.98 Å². The van der Waals surface area contributed by atoms with E-state index in [1.807, 2.05) is 0 Å². The summed E-state index contributed by atoms with van der Waals surface area (Å²) in [5, 5.41) is 19.3. The summed E-state index contributed by atoms with van der Waals surface area (Å²) in [5.41, 5.74) is -0.110. The summed E-state index contributed by atoms with van der Waals surface area (Å²) in [6, 6.07) is 0.154. The van der Waals surface area contributed by atoms with Crippen LogP contribution < -0.4 is 0 Å². The summed E-state index contributed by atoms with van der Waals surface area (Å²) in [4.78, 5) is 28.3. The summed E-state index contributed by atoms with van der Waals surface area (Å²) in [7, 11) is 0. The Balaban J connectivity index is 2.13. The van der Waals surface area contributed by atoms with Crippen molar-refractivity contribution in [1.29, 1.82) is 0 Å². The maximum absolute atomic E-state index is 12.2. The first kappa shape index (κ1) is 13.0. The molecule has 2 rings (SSSR count). The van der Waals surface area contributed by atoms with Crippen LogP contribution in [0.15, 0.2) is 5.38 Å². The second-order valence-electron chi connectivity index (χ2n) is 4.15. The third-order valence-corrected chi connectivity index (χ3v) is 3.85. The van der Waals surface area contributed by atoms with Crippen molar-refractivity contribution in [2.24, 2.45) is 0 Å². The van der Waals surface area contributed by atoms with Crippen molar-refractivity contribution in [3.05, 3.63) is 16.1 Å². The average molecular weight is 270 g/mol. The molecule has 0 atom stereocenters. The van der Waals surface area contributed by atoms with Crippen molar-refractivity contribution in [2.75, 3.05) is 13.2 Å². The van der Waals surface area contributed by atoms with Gasteiger partial charge in [0.05, 0.1) is 6.61 Å². The van der Waals surface area contributed by atoms with E-state index in [0.29, 0.717) is 0 Å². The number of carbonyl (C=O) groups excluding carboxylic acids is 1. The van der Waals surface area contributed by atoms with Crippen LogP contribution >= 0.6 is 11.3 Å². The Morgan fingerprint density at radius 2 is 2.22 bits per heavy atom. The lowest BCUT2D eigenvalue weighted by molar-refractivity contribution is 0.0525. The Morgan fingerprint density at radius 1 is 1.50 bits per heavy atom. The molecular weight excluding hydrogens is 256 g/mol. The number of aromatic carboxylic acids is 1. The number of amides is 1. The van der Waals surface area contributed by atoms with E-state index in [1.165, 1.54) is 5.38 Å². The maximum Gasteiger partial charge on any atom is 0.355 e. The molecule has 0 spiro atoms. The first-order valence-corrected chi connectivity index (χ1v) is 6.62. The van der Waals surface area contributed by atoms with Crippen LogP contribution in [0.25, 0.3) is 0 Å². The van der Waals surface area contributed by atoms with Crippen molar-refractivity contribution in [2.45, 2.75) is 25.3 Å². The summed E-state index contributed by atoms with van der Waals surface area (Å²) < 4.78 is 0. The smallest absolute Gasteiger partial charge is 0.355 e. The van der Waals surface area contributed by atoms with Gasteiger partial charge in [0.2, 0.25) is 0 Å². The molecule has 1 aromatic rings. The van der Waals surface area contributed by atoms with E-state index >= 15 is 0 Å². The van der Waals surface area contributed by atoms with Crippen LogP contribution in [0.5, 0.6) is 0 Å². The van der Waals surface area contributed by atoms with Gasteiger partial charge < -0.3 is 15.1 Å². The number of carboxylic acid groups (broad SMARTS) is 1. The lowest BCUT2D eigenvalue weighted by atomic mass is 9.91. The van der Waals surface area contributed by atoms with Gasteiger partial charge in [-0.3, -0.25) is 4.79 Å². The average Bonchev–Trinajstić information content (AvgIpc) is 2.74. The number of aliphatic hydroxyl groups is 1. The second-order valence-corrected chi connectivity index (χ2v) is 5.01. The van der Waals surface area contributed by atoms with Crippen LogP contribution in [0, 0.1) is 0 Å². The zero-order valence-electron chi connectivity index (χ0n) is 9.70. The number of carboxylic acids is 1. The fourth-order valence-electron chi connectivity index (χ4n) is 1.85. The first-order valence-electron chi connectivity index (χ1n) is 5.74. The molecule has 1 amide bonds. The molecule has 98 valence electrons. The van der Waals surface area contributed by atoms with Crippen LogP contribution in [-0.4, -0.2) is 51.2 Å². The van der Waals surface area contributed by atoms with Crippen LogP contribution in [0.3, 0.4) is 0 Å². The van der Waals surface area contributed by atoms with Gasteiger partial charge in [0.25, 0.3) is 5.91 Å². The highest BCUT2D eigenvalue weighted by Gasteiger charge is 2.30. The molecule has 1 aromatic heterocycles. The quantitative estimate of drug-likeness (QED) is 0.827. The molecule has 18 heavy (non-hydrogen) atoms. The number of aliphatic hydroxyl groups excluding tert-OH is 1. The van der Waals surface area contributed by atoms with E-state index in [4.69, 9.17) is 10.2 Å². The van der Waals surface area contributed by atoms with Gasteiger partial charge in [-0.25, -0.2) is 9.78 Å². The molecule has 0 unspecified atom stereocenters. The van der Waals surface area contributed by atoms with Crippen LogP contribution in [-0.2, 0) is 0 Å². The molecule has 1 fully saturated rings. The molecule has 1 saturated carbocycles. The number of thiazole rings is 1. The van der Waals surface area contributed by atoms with E-state index in [-0.39, 0.29) is 35.8 Å². The monoisotopic (exact) mass is 270 g/mol. The second kappa shape index (κ2) is 5.45. The molecule has 6 nitrogen and oxygen atoms in total. The molecule has 0 aliphatic heterocycles. The third kappa shape index (κ3) is 2.51. The Labute approximate surface area is 108 Å². The van der Waals surface area contributed by atoms with E-state index in [0.717, 1.165) is 30.6 Å². The molecular formula is C11H14N2O4S. The van der Waals surface area contributed by atoms with Gasteiger partial charge in [0.15, 0.2) is 10.7 Å². The van der Waals surface area contributed by atoms with Crippen molar-refractivity contribution in [1.82, 2.24) is 9.88 Å². The molecule has 0 aromatic carbocycles. The van der Waals surface area contributed by atoms with Crippen molar-refractivity contribution in [3.63, 3.8) is 0 Å². The van der Waals surface area contributed by atoms with Gasteiger partial charge >= 0.3 is 5.97 Å². The Bertz CT molecular complexity index is 456. The summed E-state index contributed by atoms with van der Waals surface area (Å²) in [6.07, 6.45) is 2.95. The van der Waals surface area contributed by atoms with Gasteiger partial charge in [0, 0.05) is 18.0 Å². The number of aromatic nitrogens is 1. The number of hydrogen-bond acceptors (Lipinski definition) is 5. The van der Waals surface area contributed by atoms with Gasteiger partial charge in [-0.15, -0.1) is 11.3 Å². The number of hydrogen-bond donors (Lipinski definition) is 2. The molecule has 0 radical (unpaired) electrons. The van der Waals surface area contributed by atoms with E-state index < -0.39 is 5.97 Å². The maximum atomic E-state index is 12.2. The number of carbonyl (C=O) groups is 2. The molecule has 1 heterocycles. The SMILES string of the molecule is O=C(O)c1csc(C(=O)N(CCO)C2CCC2)n1. The van der Waals surface area contributed by atoms with Crippen molar-refractivity contribution < 1.29 is 19.8 Å². The van der Waals surface area contributed by atoms with Crippen LogP contribution in [0.4, 0.5) is 0 Å². The zero-order chi connectivity index (χ0) is 13.1. The Kier molecular flexibility index (Phi) is 3.93. The fraction of sp³-hybridized carbons (Fsp3) is 0.545. The van der Waals surface area contributed by atoms with Gasteiger partial charge in [-0.1, -0.05) is 0 Å². The van der Waals surface area contributed by atoms with E-state index in [9.17, 15) is 9.59 Å². The Morgan fingerprint density at radius 3 is 2.67 bits per heavy atom. The molecule has 2 N–H and O–H groups in total. The first-order chi connectivity index (χ1) is 8.63. The summed E-state index contributed by atoms with van der Waals surface area (Å²) in [6.45, 7) is 0.172. The van der Waals surface area contributed by atoms with Gasteiger partial charge in [-0.2, -0.15) is 0 Å². The number of rotatable bonds is 5. The normalized spacial score (nSPS) is 15.2. The minimum atomic E-state index is -1.14. The number of nitrogens with zero attached hydrogens (tertiary/aromatic N) is 2. The predicted octanol–water partition coefficient (Wildman–Crippen LogP) is 0.828. The largest absolute Gasteiger partial charge is 0.476 e. The van der Waals surface area contributed by atoms with Crippen LogP contribution in [0.1, 0.15) is 39.6 Å². The molecule has 1 aliphatic carbocycles. The minimum Gasteiger partial charge on any atom is -0.476 e. The lowest BCUT2D eigenvalue weighted by Crippen LogP contribution is -2.45. The fourth-order valence-corrected chi connectivity index (χ4v) is 2.60. The highest BCUT2D eigenvalue weighted by molar-refractivity contribution is 7.11. The van der Waals surface area contributed by atoms with Gasteiger partial charge in [-0.05, 0) is 19.3 Å². The minimum absolute atomic E-state index is 0.0978. The van der Waals surface area contributed by atoms with E-state index in [1.54, 1.807) is 4.90 Å². The highest BCUT2D eigenvalue weighted by Crippen LogP contribution is 2.26. The van der Waals surface area contributed by atoms with Crippen molar-refractivity contribution >= 4 is 23.2 Å². The summed E-state index contributed by atoms with van der Waals surface area (Å²) in [5.74, 6) is -1.42. The molecule has 0 saturated heterocycles. The summed E-state index contributed by atoms with van der Waals surface area (Å²) >= 11 is 1.03. The molecule has 7 heteroatoms. The predicted molar refractivity (Wildman–Crippen MR) is 64.8 cm³/mol.